The monoisotopic (exact) mass is 282 g/mol. The van der Waals surface area contributed by atoms with Crippen LogP contribution < -0.4 is 10.6 Å². The maximum atomic E-state index is 12.0. The van der Waals surface area contributed by atoms with Gasteiger partial charge in [0.25, 0.3) is 0 Å². The molecule has 2 rings (SSSR count). The SMILES string of the molecule is Cc1cc(C)c(NC(=O)CC2CCNC2)c(C)c1.Cl. The molecule has 0 radical (unpaired) electrons. The van der Waals surface area contributed by atoms with Crippen LogP contribution in [0.3, 0.4) is 0 Å². The van der Waals surface area contributed by atoms with Crippen molar-refractivity contribution in [1.82, 2.24) is 5.32 Å². The predicted octanol–water partition coefficient (Wildman–Crippen LogP) is 2.97. The summed E-state index contributed by atoms with van der Waals surface area (Å²) in [6, 6.07) is 4.22. The van der Waals surface area contributed by atoms with E-state index in [2.05, 4.69) is 29.7 Å². The molecule has 1 heterocycles. The Labute approximate surface area is 121 Å². The van der Waals surface area contributed by atoms with Crippen molar-refractivity contribution in [3.63, 3.8) is 0 Å². The molecule has 0 spiro atoms. The van der Waals surface area contributed by atoms with Crippen molar-refractivity contribution >= 4 is 24.0 Å². The summed E-state index contributed by atoms with van der Waals surface area (Å²) in [5.74, 6) is 0.634. The summed E-state index contributed by atoms with van der Waals surface area (Å²) in [6.07, 6.45) is 1.74. The number of aryl methyl sites for hydroxylation is 3. The van der Waals surface area contributed by atoms with Gasteiger partial charge in [0, 0.05) is 12.1 Å². The van der Waals surface area contributed by atoms with Gasteiger partial charge in [-0.15, -0.1) is 12.4 Å². The summed E-state index contributed by atoms with van der Waals surface area (Å²) in [5, 5.41) is 6.36. The number of amides is 1. The fraction of sp³-hybridized carbons (Fsp3) is 0.533. The molecule has 0 aromatic heterocycles. The van der Waals surface area contributed by atoms with Gasteiger partial charge in [0.05, 0.1) is 0 Å². The van der Waals surface area contributed by atoms with Gasteiger partial charge in [-0.25, -0.2) is 0 Å². The molecular weight excluding hydrogens is 260 g/mol. The van der Waals surface area contributed by atoms with E-state index in [-0.39, 0.29) is 18.3 Å². The van der Waals surface area contributed by atoms with Crippen LogP contribution in [-0.2, 0) is 4.79 Å². The maximum Gasteiger partial charge on any atom is 0.224 e. The molecule has 0 saturated carbocycles. The molecule has 1 aromatic rings. The van der Waals surface area contributed by atoms with Gasteiger partial charge in [0.2, 0.25) is 5.91 Å². The highest BCUT2D eigenvalue weighted by Crippen LogP contribution is 2.23. The molecular formula is C15H23ClN2O. The third kappa shape index (κ3) is 4.22. The fourth-order valence-electron chi connectivity index (χ4n) is 2.72. The van der Waals surface area contributed by atoms with Gasteiger partial charge in [-0.2, -0.15) is 0 Å². The van der Waals surface area contributed by atoms with Gasteiger partial charge in [0.15, 0.2) is 0 Å². The predicted molar refractivity (Wildman–Crippen MR) is 82.1 cm³/mol. The van der Waals surface area contributed by atoms with Crippen LogP contribution >= 0.6 is 12.4 Å². The molecule has 1 aliphatic rings. The first-order chi connectivity index (χ1) is 8.56. The van der Waals surface area contributed by atoms with Crippen LogP contribution in [-0.4, -0.2) is 19.0 Å². The zero-order valence-electron chi connectivity index (χ0n) is 11.9. The summed E-state index contributed by atoms with van der Waals surface area (Å²) in [7, 11) is 0. The topological polar surface area (TPSA) is 41.1 Å². The number of carbonyl (C=O) groups excluding carboxylic acids is 1. The number of halogens is 1. The fourth-order valence-corrected chi connectivity index (χ4v) is 2.72. The number of rotatable bonds is 3. The van der Waals surface area contributed by atoms with E-state index >= 15 is 0 Å². The zero-order valence-corrected chi connectivity index (χ0v) is 12.7. The second-order valence-electron chi connectivity index (χ2n) is 5.38. The molecule has 4 heteroatoms. The van der Waals surface area contributed by atoms with Crippen molar-refractivity contribution in [2.24, 2.45) is 5.92 Å². The maximum absolute atomic E-state index is 12.0. The van der Waals surface area contributed by atoms with E-state index in [1.165, 1.54) is 5.56 Å². The second kappa shape index (κ2) is 6.92. The molecule has 1 aromatic carbocycles. The van der Waals surface area contributed by atoms with Crippen LogP contribution in [0.1, 0.15) is 29.5 Å². The van der Waals surface area contributed by atoms with Gasteiger partial charge in [-0.05, 0) is 57.3 Å². The first kappa shape index (κ1) is 16.0. The van der Waals surface area contributed by atoms with Crippen LogP contribution in [0, 0.1) is 26.7 Å². The van der Waals surface area contributed by atoms with Crippen molar-refractivity contribution in [3.8, 4) is 0 Å². The third-order valence-corrected chi connectivity index (χ3v) is 3.58. The van der Waals surface area contributed by atoms with E-state index in [0.717, 1.165) is 36.3 Å². The number of hydrogen-bond donors (Lipinski definition) is 2. The number of anilines is 1. The number of hydrogen-bond acceptors (Lipinski definition) is 2. The normalized spacial score (nSPS) is 17.9. The zero-order chi connectivity index (χ0) is 13.1. The largest absolute Gasteiger partial charge is 0.326 e. The molecule has 1 saturated heterocycles. The Morgan fingerprint density at radius 3 is 2.47 bits per heavy atom. The van der Waals surface area contributed by atoms with E-state index in [1.54, 1.807) is 0 Å². The van der Waals surface area contributed by atoms with E-state index in [1.807, 2.05) is 13.8 Å². The van der Waals surface area contributed by atoms with Gasteiger partial charge in [0.1, 0.15) is 0 Å². The van der Waals surface area contributed by atoms with Gasteiger partial charge in [-0.3, -0.25) is 4.79 Å². The summed E-state index contributed by atoms with van der Waals surface area (Å²) < 4.78 is 0. The summed E-state index contributed by atoms with van der Waals surface area (Å²) in [5.41, 5.74) is 4.51. The Bertz CT molecular complexity index is 430. The number of benzene rings is 1. The average Bonchev–Trinajstić information content (AvgIpc) is 2.76. The Morgan fingerprint density at radius 1 is 1.32 bits per heavy atom. The van der Waals surface area contributed by atoms with Crippen LogP contribution in [0.15, 0.2) is 12.1 Å². The third-order valence-electron chi connectivity index (χ3n) is 3.58. The molecule has 1 fully saturated rings. The first-order valence-corrected chi connectivity index (χ1v) is 6.64. The van der Waals surface area contributed by atoms with Crippen molar-refractivity contribution in [1.29, 1.82) is 0 Å². The highest BCUT2D eigenvalue weighted by molar-refractivity contribution is 5.92. The average molecular weight is 283 g/mol. The van der Waals surface area contributed by atoms with Gasteiger partial charge < -0.3 is 10.6 Å². The lowest BCUT2D eigenvalue weighted by atomic mass is 10.0. The Morgan fingerprint density at radius 2 is 1.95 bits per heavy atom. The van der Waals surface area contributed by atoms with Crippen LogP contribution in [0.2, 0.25) is 0 Å². The molecule has 1 aliphatic heterocycles. The van der Waals surface area contributed by atoms with Crippen LogP contribution in [0.4, 0.5) is 5.69 Å². The molecule has 2 N–H and O–H groups in total. The number of carbonyl (C=O) groups is 1. The van der Waals surface area contributed by atoms with Crippen LogP contribution in [0.5, 0.6) is 0 Å². The Balaban J connectivity index is 0.00000180. The van der Waals surface area contributed by atoms with Gasteiger partial charge in [-0.1, -0.05) is 17.7 Å². The van der Waals surface area contributed by atoms with Crippen molar-refractivity contribution in [3.05, 3.63) is 28.8 Å². The minimum atomic E-state index is 0. The van der Waals surface area contributed by atoms with E-state index < -0.39 is 0 Å². The molecule has 0 bridgehead atoms. The highest BCUT2D eigenvalue weighted by Gasteiger charge is 2.18. The minimum Gasteiger partial charge on any atom is -0.326 e. The van der Waals surface area contributed by atoms with Crippen molar-refractivity contribution < 1.29 is 4.79 Å². The Hall–Kier alpha value is -1.06. The van der Waals surface area contributed by atoms with Crippen molar-refractivity contribution in [2.75, 3.05) is 18.4 Å². The van der Waals surface area contributed by atoms with E-state index in [4.69, 9.17) is 0 Å². The van der Waals surface area contributed by atoms with Crippen molar-refractivity contribution in [2.45, 2.75) is 33.6 Å². The molecule has 3 nitrogen and oxygen atoms in total. The number of nitrogens with one attached hydrogen (secondary N) is 2. The molecule has 19 heavy (non-hydrogen) atoms. The standard InChI is InChI=1S/C15H22N2O.ClH/c1-10-6-11(2)15(12(3)7-10)17-14(18)8-13-4-5-16-9-13;/h6-7,13,16H,4-5,8-9H2,1-3H3,(H,17,18);1H. The van der Waals surface area contributed by atoms with E-state index in [9.17, 15) is 4.79 Å². The summed E-state index contributed by atoms with van der Waals surface area (Å²) >= 11 is 0. The lowest BCUT2D eigenvalue weighted by Crippen LogP contribution is -2.19. The van der Waals surface area contributed by atoms with Gasteiger partial charge >= 0.3 is 0 Å². The lowest BCUT2D eigenvalue weighted by Gasteiger charge is -2.14. The smallest absolute Gasteiger partial charge is 0.224 e. The summed E-state index contributed by atoms with van der Waals surface area (Å²) in [4.78, 5) is 12.0. The first-order valence-electron chi connectivity index (χ1n) is 6.64. The molecule has 106 valence electrons. The molecule has 1 atom stereocenters. The Kier molecular flexibility index (Phi) is 5.83. The quantitative estimate of drug-likeness (QED) is 0.895. The highest BCUT2D eigenvalue weighted by atomic mass is 35.5. The van der Waals surface area contributed by atoms with E-state index in [0.29, 0.717) is 12.3 Å². The summed E-state index contributed by atoms with van der Waals surface area (Å²) in [6.45, 7) is 8.19. The molecule has 1 amide bonds. The molecule has 0 aliphatic carbocycles. The van der Waals surface area contributed by atoms with Crippen LogP contribution in [0.25, 0.3) is 0 Å². The lowest BCUT2D eigenvalue weighted by molar-refractivity contribution is -0.117. The molecule has 1 unspecified atom stereocenters. The minimum absolute atomic E-state index is 0. The second-order valence-corrected chi connectivity index (χ2v) is 5.38.